The molecule has 0 radical (unpaired) electrons. The SMILES string of the molecule is N#Cc1cc(Br)cc(NC2=NS(=O)(=O)c3ccccc32)c1. The number of amidine groups is 1. The number of benzene rings is 2. The molecule has 21 heavy (non-hydrogen) atoms. The van der Waals surface area contributed by atoms with Gasteiger partial charge in [-0.1, -0.05) is 28.1 Å². The average Bonchev–Trinajstić information content (AvgIpc) is 2.70. The Morgan fingerprint density at radius 2 is 1.95 bits per heavy atom. The third kappa shape index (κ3) is 2.55. The minimum atomic E-state index is -3.65. The number of hydrogen-bond donors (Lipinski definition) is 1. The average molecular weight is 362 g/mol. The maximum Gasteiger partial charge on any atom is 0.285 e. The van der Waals surface area contributed by atoms with Crippen molar-refractivity contribution in [2.24, 2.45) is 4.40 Å². The van der Waals surface area contributed by atoms with Crippen molar-refractivity contribution in [2.75, 3.05) is 5.32 Å². The fourth-order valence-electron chi connectivity index (χ4n) is 2.06. The van der Waals surface area contributed by atoms with E-state index in [4.69, 9.17) is 5.26 Å². The Bertz CT molecular complexity index is 914. The molecular weight excluding hydrogens is 354 g/mol. The minimum absolute atomic E-state index is 0.183. The molecule has 3 rings (SSSR count). The van der Waals surface area contributed by atoms with Gasteiger partial charge in [-0.2, -0.15) is 13.7 Å². The van der Waals surface area contributed by atoms with Crippen LogP contribution in [0.15, 0.2) is 56.2 Å². The Labute approximate surface area is 130 Å². The van der Waals surface area contributed by atoms with Gasteiger partial charge in [0.25, 0.3) is 10.0 Å². The number of rotatable bonds is 1. The molecule has 0 amide bonds. The second-order valence-corrected chi connectivity index (χ2v) is 6.86. The molecule has 0 saturated carbocycles. The van der Waals surface area contributed by atoms with Crippen molar-refractivity contribution in [2.45, 2.75) is 4.90 Å². The molecule has 0 unspecified atom stereocenters. The third-order valence-electron chi connectivity index (χ3n) is 2.92. The summed E-state index contributed by atoms with van der Waals surface area (Å²) in [6.07, 6.45) is 0. The van der Waals surface area contributed by atoms with Crippen molar-refractivity contribution < 1.29 is 8.42 Å². The summed E-state index contributed by atoms with van der Waals surface area (Å²) >= 11 is 3.31. The van der Waals surface area contributed by atoms with Gasteiger partial charge < -0.3 is 5.32 Å². The van der Waals surface area contributed by atoms with Crippen molar-refractivity contribution in [3.63, 3.8) is 0 Å². The second-order valence-electron chi connectivity index (χ2n) is 4.38. The highest BCUT2D eigenvalue weighted by Gasteiger charge is 2.28. The first-order chi connectivity index (χ1) is 9.99. The quantitative estimate of drug-likeness (QED) is 0.846. The van der Waals surface area contributed by atoms with Crippen LogP contribution in [-0.4, -0.2) is 14.3 Å². The van der Waals surface area contributed by atoms with Crippen LogP contribution in [0.5, 0.6) is 0 Å². The van der Waals surface area contributed by atoms with E-state index in [9.17, 15) is 8.42 Å². The minimum Gasteiger partial charge on any atom is -0.339 e. The second kappa shape index (κ2) is 4.98. The normalized spacial score (nSPS) is 15.0. The molecule has 1 heterocycles. The number of nitriles is 1. The number of anilines is 1. The fraction of sp³-hybridized carbons (Fsp3) is 0. The summed E-state index contributed by atoms with van der Waals surface area (Å²) in [7, 11) is -3.65. The molecule has 0 fully saturated rings. The smallest absolute Gasteiger partial charge is 0.285 e. The zero-order valence-corrected chi connectivity index (χ0v) is 12.9. The molecule has 1 aliphatic rings. The molecule has 0 aliphatic carbocycles. The van der Waals surface area contributed by atoms with Crippen molar-refractivity contribution in [3.8, 4) is 6.07 Å². The van der Waals surface area contributed by atoms with Gasteiger partial charge in [0, 0.05) is 15.7 Å². The van der Waals surface area contributed by atoms with Gasteiger partial charge in [-0.15, -0.1) is 4.40 Å². The maximum atomic E-state index is 12.0. The van der Waals surface area contributed by atoms with Gasteiger partial charge in [-0.25, -0.2) is 0 Å². The Balaban J connectivity index is 2.05. The molecule has 7 heteroatoms. The molecule has 104 valence electrons. The number of fused-ring (bicyclic) bond motifs is 1. The summed E-state index contributed by atoms with van der Waals surface area (Å²) < 4.78 is 28.4. The van der Waals surface area contributed by atoms with Crippen LogP contribution in [0.2, 0.25) is 0 Å². The van der Waals surface area contributed by atoms with E-state index in [0.717, 1.165) is 4.47 Å². The number of nitrogens with zero attached hydrogens (tertiary/aromatic N) is 2. The summed E-state index contributed by atoms with van der Waals surface area (Å²) in [4.78, 5) is 0.183. The van der Waals surface area contributed by atoms with Crippen LogP contribution in [0.25, 0.3) is 0 Å². The van der Waals surface area contributed by atoms with E-state index in [1.165, 1.54) is 6.07 Å². The van der Waals surface area contributed by atoms with Crippen LogP contribution >= 0.6 is 15.9 Å². The molecule has 0 saturated heterocycles. The Hall–Kier alpha value is -2.17. The standard InChI is InChI=1S/C14H8BrN3O2S/c15-10-5-9(8-16)6-11(7-10)17-14-12-3-1-2-4-13(12)21(19,20)18-14/h1-7H,(H,17,18). The van der Waals surface area contributed by atoms with E-state index in [-0.39, 0.29) is 10.7 Å². The molecule has 1 N–H and O–H groups in total. The Kier molecular flexibility index (Phi) is 3.27. The topological polar surface area (TPSA) is 82.3 Å². The van der Waals surface area contributed by atoms with Crippen LogP contribution in [0.4, 0.5) is 5.69 Å². The summed E-state index contributed by atoms with van der Waals surface area (Å²) in [5.74, 6) is 0.257. The Morgan fingerprint density at radius 3 is 2.71 bits per heavy atom. The van der Waals surface area contributed by atoms with Gasteiger partial charge in [0.15, 0.2) is 5.84 Å². The molecular formula is C14H8BrN3O2S. The lowest BCUT2D eigenvalue weighted by molar-refractivity contribution is 0.599. The molecule has 2 aromatic rings. The molecule has 2 aromatic carbocycles. The summed E-state index contributed by atoms with van der Waals surface area (Å²) in [6, 6.07) is 13.7. The van der Waals surface area contributed by atoms with Crippen LogP contribution < -0.4 is 5.32 Å². The molecule has 0 aromatic heterocycles. The van der Waals surface area contributed by atoms with Crippen LogP contribution in [0.3, 0.4) is 0 Å². The van der Waals surface area contributed by atoms with Crippen LogP contribution in [0.1, 0.15) is 11.1 Å². The zero-order chi connectivity index (χ0) is 15.0. The predicted molar refractivity (Wildman–Crippen MR) is 82.6 cm³/mol. The zero-order valence-electron chi connectivity index (χ0n) is 10.5. The number of halogens is 1. The van der Waals surface area contributed by atoms with E-state index < -0.39 is 10.0 Å². The van der Waals surface area contributed by atoms with Gasteiger partial charge in [0.1, 0.15) is 4.90 Å². The fourth-order valence-corrected chi connectivity index (χ4v) is 3.73. The highest BCUT2D eigenvalue weighted by Crippen LogP contribution is 2.27. The molecule has 0 spiro atoms. The van der Waals surface area contributed by atoms with Crippen molar-refractivity contribution in [3.05, 3.63) is 58.1 Å². The maximum absolute atomic E-state index is 12.0. The van der Waals surface area contributed by atoms with E-state index >= 15 is 0 Å². The summed E-state index contributed by atoms with van der Waals surface area (Å²) in [5.41, 5.74) is 1.57. The van der Waals surface area contributed by atoms with E-state index in [1.807, 2.05) is 6.07 Å². The number of nitrogens with one attached hydrogen (secondary N) is 1. The van der Waals surface area contributed by atoms with Gasteiger partial charge in [-0.05, 0) is 30.3 Å². The molecule has 5 nitrogen and oxygen atoms in total. The molecule has 0 atom stereocenters. The number of sulfonamides is 1. The first kappa shape index (κ1) is 13.8. The lowest BCUT2D eigenvalue weighted by atomic mass is 10.2. The van der Waals surface area contributed by atoms with E-state index in [2.05, 4.69) is 25.6 Å². The summed E-state index contributed by atoms with van der Waals surface area (Å²) in [6.45, 7) is 0. The van der Waals surface area contributed by atoms with E-state index in [0.29, 0.717) is 16.8 Å². The lowest BCUT2D eigenvalue weighted by Gasteiger charge is -2.07. The highest BCUT2D eigenvalue weighted by atomic mass is 79.9. The summed E-state index contributed by atoms with van der Waals surface area (Å²) in [5, 5.41) is 11.9. The molecule has 0 bridgehead atoms. The van der Waals surface area contributed by atoms with Crippen molar-refractivity contribution in [1.29, 1.82) is 5.26 Å². The van der Waals surface area contributed by atoms with Gasteiger partial charge in [-0.3, -0.25) is 0 Å². The van der Waals surface area contributed by atoms with Crippen LogP contribution in [0, 0.1) is 11.3 Å². The lowest BCUT2D eigenvalue weighted by Crippen LogP contribution is -2.11. The van der Waals surface area contributed by atoms with Gasteiger partial charge >= 0.3 is 0 Å². The monoisotopic (exact) mass is 361 g/mol. The highest BCUT2D eigenvalue weighted by molar-refractivity contribution is 9.10. The van der Waals surface area contributed by atoms with Crippen molar-refractivity contribution >= 4 is 37.5 Å². The number of hydrogen-bond acceptors (Lipinski definition) is 4. The van der Waals surface area contributed by atoms with Gasteiger partial charge in [0.05, 0.1) is 11.6 Å². The van der Waals surface area contributed by atoms with Gasteiger partial charge in [0.2, 0.25) is 0 Å². The largest absolute Gasteiger partial charge is 0.339 e. The first-order valence-corrected chi connectivity index (χ1v) is 8.15. The Morgan fingerprint density at radius 1 is 1.19 bits per heavy atom. The van der Waals surface area contributed by atoms with Crippen LogP contribution in [-0.2, 0) is 10.0 Å². The molecule has 1 aliphatic heterocycles. The first-order valence-electron chi connectivity index (χ1n) is 5.92. The third-order valence-corrected chi connectivity index (χ3v) is 4.71. The van der Waals surface area contributed by atoms with Crippen molar-refractivity contribution in [1.82, 2.24) is 0 Å². The van der Waals surface area contributed by atoms with E-state index in [1.54, 1.807) is 36.4 Å². The predicted octanol–water partition coefficient (Wildman–Crippen LogP) is 2.88.